The zero-order valence-electron chi connectivity index (χ0n) is 15.4. The number of aryl methyl sites for hydroxylation is 2. The fraction of sp³-hybridized carbons (Fsp3) is 0.421. The van der Waals surface area contributed by atoms with Gasteiger partial charge in [-0.25, -0.2) is 0 Å². The Bertz CT molecular complexity index is 827. The lowest BCUT2D eigenvalue weighted by Gasteiger charge is -2.33. The van der Waals surface area contributed by atoms with Crippen molar-refractivity contribution in [3.05, 3.63) is 63.1 Å². The van der Waals surface area contributed by atoms with Crippen LogP contribution in [0.4, 0.5) is 5.69 Å². The van der Waals surface area contributed by atoms with Gasteiger partial charge in [-0.05, 0) is 32.0 Å². The normalized spacial score (nSPS) is 16.1. The number of benzene rings is 1. The van der Waals surface area contributed by atoms with Crippen molar-refractivity contribution in [1.29, 1.82) is 0 Å². The van der Waals surface area contributed by atoms with Crippen LogP contribution < -0.4 is 5.32 Å². The molecule has 0 radical (unpaired) electrons. The first-order chi connectivity index (χ1) is 13.0. The first kappa shape index (κ1) is 19.1. The highest BCUT2D eigenvalue weighted by atomic mass is 16.6. The summed E-state index contributed by atoms with van der Waals surface area (Å²) in [7, 11) is 0. The predicted octanol–water partition coefficient (Wildman–Crippen LogP) is 2.61. The summed E-state index contributed by atoms with van der Waals surface area (Å²) in [6.07, 6.45) is 0. The van der Waals surface area contributed by atoms with Crippen molar-refractivity contribution >= 4 is 11.6 Å². The van der Waals surface area contributed by atoms with E-state index in [4.69, 9.17) is 9.15 Å². The average molecular weight is 373 g/mol. The second-order valence-electron chi connectivity index (χ2n) is 6.55. The van der Waals surface area contributed by atoms with Crippen LogP contribution in [-0.4, -0.2) is 48.6 Å². The minimum Gasteiger partial charge on any atom is -0.465 e. The maximum Gasteiger partial charge on any atom is 0.285 e. The zero-order chi connectivity index (χ0) is 19.4. The van der Waals surface area contributed by atoms with E-state index in [-0.39, 0.29) is 23.8 Å². The molecule has 0 aliphatic carbocycles. The van der Waals surface area contributed by atoms with Gasteiger partial charge in [0.1, 0.15) is 17.1 Å². The molecule has 8 heteroatoms. The van der Waals surface area contributed by atoms with Crippen molar-refractivity contribution in [2.75, 3.05) is 32.8 Å². The number of nitro groups is 1. The van der Waals surface area contributed by atoms with Crippen molar-refractivity contribution in [2.24, 2.45) is 0 Å². The van der Waals surface area contributed by atoms with E-state index in [1.165, 1.54) is 6.07 Å². The molecule has 1 aromatic heterocycles. The molecule has 8 nitrogen and oxygen atoms in total. The molecule has 0 saturated carbocycles. The number of nitrogens with one attached hydrogen (secondary N) is 1. The van der Waals surface area contributed by atoms with E-state index in [1.807, 2.05) is 19.1 Å². The van der Waals surface area contributed by atoms with Crippen LogP contribution in [0.15, 0.2) is 34.7 Å². The van der Waals surface area contributed by atoms with E-state index in [2.05, 4.69) is 10.2 Å². The number of rotatable bonds is 6. The Morgan fingerprint density at radius 2 is 2.00 bits per heavy atom. The molecule has 0 spiro atoms. The van der Waals surface area contributed by atoms with E-state index >= 15 is 0 Å². The quantitative estimate of drug-likeness (QED) is 0.617. The summed E-state index contributed by atoms with van der Waals surface area (Å²) in [5, 5.41) is 14.2. The molecule has 1 atom stereocenters. The van der Waals surface area contributed by atoms with Gasteiger partial charge >= 0.3 is 0 Å². The molecule has 27 heavy (non-hydrogen) atoms. The largest absolute Gasteiger partial charge is 0.465 e. The molecule has 1 N–H and O–H groups in total. The molecule has 1 aromatic carbocycles. The molecule has 0 bridgehead atoms. The van der Waals surface area contributed by atoms with Gasteiger partial charge in [0, 0.05) is 25.2 Å². The average Bonchev–Trinajstić information content (AvgIpc) is 3.08. The molecule has 2 heterocycles. The summed E-state index contributed by atoms with van der Waals surface area (Å²) in [6.45, 7) is 6.47. The highest BCUT2D eigenvalue weighted by molar-refractivity contribution is 5.98. The van der Waals surface area contributed by atoms with E-state index in [9.17, 15) is 14.9 Å². The van der Waals surface area contributed by atoms with Gasteiger partial charge < -0.3 is 14.5 Å². The first-order valence-electron chi connectivity index (χ1n) is 8.87. The van der Waals surface area contributed by atoms with E-state index in [0.717, 1.165) is 24.6 Å². The zero-order valence-corrected chi connectivity index (χ0v) is 15.4. The standard InChI is InChI=1S/C19H23N3O5/c1-13-4-3-5-15(18(13)22(24)25)19(23)20-12-16(17-7-6-14(2)27-17)21-8-10-26-11-9-21/h3-7,16H,8-12H2,1-2H3,(H,20,23). The third-order valence-corrected chi connectivity index (χ3v) is 4.70. The van der Waals surface area contributed by atoms with Crippen molar-refractivity contribution in [3.8, 4) is 0 Å². The topological polar surface area (TPSA) is 97.8 Å². The van der Waals surface area contributed by atoms with E-state index < -0.39 is 10.8 Å². The summed E-state index contributed by atoms with van der Waals surface area (Å²) >= 11 is 0. The number of ether oxygens (including phenoxy) is 1. The summed E-state index contributed by atoms with van der Waals surface area (Å²) in [5.74, 6) is 1.09. The highest BCUT2D eigenvalue weighted by Gasteiger charge is 2.27. The Morgan fingerprint density at radius 3 is 2.63 bits per heavy atom. The summed E-state index contributed by atoms with van der Waals surface area (Å²) in [4.78, 5) is 25.7. The van der Waals surface area contributed by atoms with Crippen LogP contribution in [0.25, 0.3) is 0 Å². The number of nitro benzene ring substituents is 1. The Morgan fingerprint density at radius 1 is 1.26 bits per heavy atom. The molecule has 1 aliphatic rings. The number of hydrogen-bond donors (Lipinski definition) is 1. The van der Waals surface area contributed by atoms with Gasteiger partial charge in [-0.3, -0.25) is 19.8 Å². The molecule has 1 saturated heterocycles. The fourth-order valence-electron chi connectivity index (χ4n) is 3.30. The molecule has 3 rings (SSSR count). The SMILES string of the molecule is Cc1ccc(C(CNC(=O)c2cccc(C)c2[N+](=O)[O-])N2CCOCC2)o1. The summed E-state index contributed by atoms with van der Waals surface area (Å²) in [5.41, 5.74) is 0.363. The number of carbonyl (C=O) groups excluding carboxylic acids is 1. The molecule has 1 aliphatic heterocycles. The summed E-state index contributed by atoms with van der Waals surface area (Å²) in [6, 6.07) is 8.37. The second kappa shape index (κ2) is 8.32. The van der Waals surface area contributed by atoms with Crippen LogP contribution in [0.5, 0.6) is 0 Å². The summed E-state index contributed by atoms with van der Waals surface area (Å²) < 4.78 is 11.2. The van der Waals surface area contributed by atoms with Crippen molar-refractivity contribution in [1.82, 2.24) is 10.2 Å². The van der Waals surface area contributed by atoms with E-state index in [0.29, 0.717) is 18.8 Å². The Kier molecular flexibility index (Phi) is 5.88. The second-order valence-corrected chi connectivity index (χ2v) is 6.55. The Labute approximate surface area is 157 Å². The van der Waals surface area contributed by atoms with Crippen LogP contribution in [0, 0.1) is 24.0 Å². The van der Waals surface area contributed by atoms with Gasteiger partial charge in [0.25, 0.3) is 11.6 Å². The molecular formula is C19H23N3O5. The fourth-order valence-corrected chi connectivity index (χ4v) is 3.30. The minimum absolute atomic E-state index is 0.0661. The number of carbonyl (C=O) groups is 1. The monoisotopic (exact) mass is 373 g/mol. The van der Waals surface area contributed by atoms with Gasteiger partial charge in [-0.2, -0.15) is 0 Å². The number of hydrogen-bond acceptors (Lipinski definition) is 6. The maximum atomic E-state index is 12.7. The number of furan rings is 1. The molecule has 1 unspecified atom stereocenters. The predicted molar refractivity (Wildman–Crippen MR) is 98.7 cm³/mol. The maximum absolute atomic E-state index is 12.7. The smallest absolute Gasteiger partial charge is 0.285 e. The van der Waals surface area contributed by atoms with Gasteiger partial charge in [-0.1, -0.05) is 12.1 Å². The van der Waals surface area contributed by atoms with Crippen LogP contribution in [0.1, 0.15) is 33.5 Å². The van der Waals surface area contributed by atoms with Crippen LogP contribution in [0.2, 0.25) is 0 Å². The van der Waals surface area contributed by atoms with Gasteiger partial charge in [0.2, 0.25) is 0 Å². The molecule has 1 fully saturated rings. The van der Waals surface area contributed by atoms with Crippen LogP contribution in [-0.2, 0) is 4.74 Å². The number of amides is 1. The van der Waals surface area contributed by atoms with Gasteiger partial charge in [-0.15, -0.1) is 0 Å². The van der Waals surface area contributed by atoms with E-state index in [1.54, 1.807) is 19.1 Å². The van der Waals surface area contributed by atoms with Crippen molar-refractivity contribution in [3.63, 3.8) is 0 Å². The lowest BCUT2D eigenvalue weighted by Crippen LogP contribution is -2.43. The number of para-hydroxylation sites is 1. The molecule has 2 aromatic rings. The molecule has 144 valence electrons. The first-order valence-corrected chi connectivity index (χ1v) is 8.87. The third kappa shape index (κ3) is 4.35. The third-order valence-electron chi connectivity index (χ3n) is 4.70. The minimum atomic E-state index is -0.514. The van der Waals surface area contributed by atoms with Gasteiger partial charge in [0.15, 0.2) is 0 Å². The lowest BCUT2D eigenvalue weighted by atomic mass is 10.1. The van der Waals surface area contributed by atoms with Crippen molar-refractivity contribution in [2.45, 2.75) is 19.9 Å². The number of morpholine rings is 1. The Hall–Kier alpha value is -2.71. The molecular weight excluding hydrogens is 350 g/mol. The lowest BCUT2D eigenvalue weighted by molar-refractivity contribution is -0.385. The van der Waals surface area contributed by atoms with Crippen LogP contribution >= 0.6 is 0 Å². The van der Waals surface area contributed by atoms with Gasteiger partial charge in [0.05, 0.1) is 24.2 Å². The van der Waals surface area contributed by atoms with Crippen molar-refractivity contribution < 1.29 is 18.9 Å². The van der Waals surface area contributed by atoms with Crippen LogP contribution in [0.3, 0.4) is 0 Å². The highest BCUT2D eigenvalue weighted by Crippen LogP contribution is 2.25. The Balaban J connectivity index is 1.78. The molecule has 1 amide bonds. The number of nitrogens with zero attached hydrogens (tertiary/aromatic N) is 2.